The van der Waals surface area contributed by atoms with Crippen molar-refractivity contribution >= 4 is 40.5 Å². The Morgan fingerprint density at radius 3 is 2.34 bits per heavy atom. The molecule has 0 unspecified atom stereocenters. The van der Waals surface area contributed by atoms with Crippen LogP contribution in [-0.4, -0.2) is 19.6 Å². The predicted molar refractivity (Wildman–Crippen MR) is 154 cm³/mol. The molecule has 2 aromatic heterocycles. The molecule has 2 aliphatic rings. The molecular weight excluding hydrogens is 514 g/mol. The summed E-state index contributed by atoms with van der Waals surface area (Å²) in [4.78, 5) is 19.4. The summed E-state index contributed by atoms with van der Waals surface area (Å²) in [6, 6.07) is 23.6. The van der Waals surface area contributed by atoms with Crippen LogP contribution in [-0.2, 0) is 0 Å². The monoisotopic (exact) mass is 541 g/mol. The second-order valence-corrected chi connectivity index (χ2v) is 11.2. The highest BCUT2D eigenvalue weighted by Gasteiger charge is 2.41. The summed E-state index contributed by atoms with van der Waals surface area (Å²) in [5, 5.41) is 15.2. The lowest BCUT2D eigenvalue weighted by molar-refractivity contribution is -0.384. The minimum absolute atomic E-state index is 0.0340. The molecule has 0 bridgehead atoms. The first-order valence-electron chi connectivity index (χ1n) is 12.8. The first-order chi connectivity index (χ1) is 18.6. The Balaban J connectivity index is 1.29. The molecular formula is C29H27N5O2S2. The molecule has 0 spiro atoms. The normalized spacial score (nSPS) is 19.6. The molecule has 6 rings (SSSR count). The van der Waals surface area contributed by atoms with Gasteiger partial charge in [-0.15, -0.1) is 0 Å². The fourth-order valence-electron chi connectivity index (χ4n) is 5.45. The number of hydrogen-bond donors (Lipinski definition) is 1. The highest BCUT2D eigenvalue weighted by atomic mass is 32.2. The number of nitro groups is 1. The Bertz CT molecular complexity index is 1430. The lowest BCUT2D eigenvalue weighted by Crippen LogP contribution is -2.29. The van der Waals surface area contributed by atoms with Crippen LogP contribution in [0.5, 0.6) is 0 Å². The van der Waals surface area contributed by atoms with E-state index in [0.717, 1.165) is 21.2 Å². The molecule has 1 aliphatic heterocycles. The third-order valence-corrected chi connectivity index (χ3v) is 8.65. The van der Waals surface area contributed by atoms with E-state index < -0.39 is 0 Å². The Labute approximate surface area is 231 Å². The number of rotatable bonds is 7. The number of pyridine rings is 1. The summed E-state index contributed by atoms with van der Waals surface area (Å²) in [5.41, 5.74) is 3.27. The fraction of sp³-hybridized carbons (Fsp3) is 0.241. The average molecular weight is 542 g/mol. The van der Waals surface area contributed by atoms with E-state index in [4.69, 9.17) is 12.2 Å². The molecule has 9 heteroatoms. The van der Waals surface area contributed by atoms with Crippen LogP contribution < -0.4 is 10.2 Å². The van der Waals surface area contributed by atoms with E-state index >= 15 is 0 Å². The molecule has 2 fully saturated rings. The first-order valence-corrected chi connectivity index (χ1v) is 14.0. The minimum Gasteiger partial charge on any atom is -0.351 e. The van der Waals surface area contributed by atoms with Crippen molar-refractivity contribution in [2.45, 2.75) is 53.6 Å². The molecule has 1 N–H and O–H groups in total. The zero-order chi connectivity index (χ0) is 26.1. The predicted octanol–water partition coefficient (Wildman–Crippen LogP) is 7.23. The molecule has 2 aromatic carbocycles. The van der Waals surface area contributed by atoms with Crippen LogP contribution in [0.25, 0.3) is 0 Å². The van der Waals surface area contributed by atoms with Gasteiger partial charge in [0.15, 0.2) is 5.11 Å². The van der Waals surface area contributed by atoms with E-state index in [0.29, 0.717) is 11.2 Å². The van der Waals surface area contributed by atoms with Crippen molar-refractivity contribution < 1.29 is 4.92 Å². The number of non-ortho nitro benzene ring substituents is 1. The highest BCUT2D eigenvalue weighted by molar-refractivity contribution is 7.99. The molecule has 2 atom stereocenters. The molecule has 1 saturated carbocycles. The SMILES string of the molecule is O=[N+]([O-])c1ccc(Sc2ccc(N3C(=S)N[C@H](c4ccccn4)[C@H]3c3ccn(C4CCCC4)c3)cc2)cc1. The van der Waals surface area contributed by atoms with Crippen LogP contribution in [0.4, 0.5) is 11.4 Å². The van der Waals surface area contributed by atoms with E-state index in [1.165, 1.54) is 43.4 Å². The zero-order valence-electron chi connectivity index (χ0n) is 20.6. The maximum Gasteiger partial charge on any atom is 0.269 e. The van der Waals surface area contributed by atoms with E-state index in [2.05, 4.69) is 68.6 Å². The number of hydrogen-bond acceptors (Lipinski definition) is 5. The minimum atomic E-state index is -0.382. The van der Waals surface area contributed by atoms with Crippen molar-refractivity contribution in [2.24, 2.45) is 0 Å². The summed E-state index contributed by atoms with van der Waals surface area (Å²) in [6.45, 7) is 0. The van der Waals surface area contributed by atoms with Crippen LogP contribution in [0.3, 0.4) is 0 Å². The van der Waals surface area contributed by atoms with Crippen molar-refractivity contribution in [1.29, 1.82) is 0 Å². The number of anilines is 1. The summed E-state index contributed by atoms with van der Waals surface area (Å²) in [6.07, 6.45) is 11.4. The maximum atomic E-state index is 10.9. The number of thiocarbonyl (C=S) groups is 1. The number of nitro benzene ring substituents is 1. The zero-order valence-corrected chi connectivity index (χ0v) is 22.3. The lowest BCUT2D eigenvalue weighted by atomic mass is 9.98. The maximum absolute atomic E-state index is 10.9. The highest BCUT2D eigenvalue weighted by Crippen LogP contribution is 2.43. The van der Waals surface area contributed by atoms with Crippen molar-refractivity contribution in [1.82, 2.24) is 14.9 Å². The topological polar surface area (TPSA) is 76.2 Å². The quantitative estimate of drug-likeness (QED) is 0.150. The molecule has 4 aromatic rings. The smallest absolute Gasteiger partial charge is 0.269 e. The average Bonchev–Trinajstić information content (AvgIpc) is 3.70. The van der Waals surface area contributed by atoms with Gasteiger partial charge in [0.2, 0.25) is 0 Å². The number of aromatic nitrogens is 2. The molecule has 192 valence electrons. The van der Waals surface area contributed by atoms with Gasteiger partial charge in [-0.3, -0.25) is 15.1 Å². The number of nitrogens with one attached hydrogen (secondary N) is 1. The summed E-state index contributed by atoms with van der Waals surface area (Å²) in [7, 11) is 0. The second-order valence-electron chi connectivity index (χ2n) is 9.67. The molecule has 0 amide bonds. The van der Waals surface area contributed by atoms with Crippen molar-refractivity contribution in [3.63, 3.8) is 0 Å². The van der Waals surface area contributed by atoms with Gasteiger partial charge in [-0.25, -0.2) is 0 Å². The van der Waals surface area contributed by atoms with Crippen LogP contribution in [0.1, 0.15) is 55.1 Å². The Morgan fingerprint density at radius 1 is 0.974 bits per heavy atom. The van der Waals surface area contributed by atoms with Gasteiger partial charge in [-0.05, 0) is 85.2 Å². The summed E-state index contributed by atoms with van der Waals surface area (Å²) in [5.74, 6) is 0. The first kappa shape index (κ1) is 24.6. The summed E-state index contributed by atoms with van der Waals surface area (Å²) >= 11 is 7.45. The fourth-order valence-corrected chi connectivity index (χ4v) is 6.62. The standard InChI is InChI=1S/C29H27N5O2S2/c35-34(36)23-10-14-25(15-11-23)38-24-12-8-22(9-13-24)33-28(20-16-18-32(19-20)21-5-1-2-6-21)27(31-29(33)37)26-7-3-4-17-30-26/h3-4,7-19,21,27-28H,1-2,5-6H2,(H,31,37)/t27-,28-/m1/s1. The molecule has 0 radical (unpaired) electrons. The largest absolute Gasteiger partial charge is 0.351 e. The Hall–Kier alpha value is -3.69. The second kappa shape index (κ2) is 10.6. The van der Waals surface area contributed by atoms with Gasteiger partial charge in [0.1, 0.15) is 0 Å². The van der Waals surface area contributed by atoms with E-state index in [1.807, 2.05) is 18.3 Å². The van der Waals surface area contributed by atoms with Crippen molar-refractivity contribution in [3.8, 4) is 0 Å². The third-order valence-electron chi connectivity index (χ3n) is 7.32. The Morgan fingerprint density at radius 2 is 1.68 bits per heavy atom. The van der Waals surface area contributed by atoms with Crippen molar-refractivity contribution in [3.05, 3.63) is 113 Å². The van der Waals surface area contributed by atoms with E-state index in [9.17, 15) is 10.1 Å². The number of nitrogens with zero attached hydrogens (tertiary/aromatic N) is 4. The van der Waals surface area contributed by atoms with Gasteiger partial charge >= 0.3 is 0 Å². The van der Waals surface area contributed by atoms with Crippen LogP contribution in [0.2, 0.25) is 0 Å². The lowest BCUT2D eigenvalue weighted by Gasteiger charge is -2.27. The van der Waals surface area contributed by atoms with E-state index in [-0.39, 0.29) is 22.7 Å². The summed E-state index contributed by atoms with van der Waals surface area (Å²) < 4.78 is 2.38. The van der Waals surface area contributed by atoms with Gasteiger partial charge in [-0.2, -0.15) is 0 Å². The van der Waals surface area contributed by atoms with Gasteiger partial charge < -0.3 is 14.8 Å². The van der Waals surface area contributed by atoms with Gasteiger partial charge in [0, 0.05) is 52.2 Å². The van der Waals surface area contributed by atoms with Crippen LogP contribution >= 0.6 is 24.0 Å². The van der Waals surface area contributed by atoms with Gasteiger partial charge in [0.25, 0.3) is 5.69 Å². The molecule has 3 heterocycles. The molecule has 7 nitrogen and oxygen atoms in total. The molecule has 1 aliphatic carbocycles. The van der Waals surface area contributed by atoms with Gasteiger partial charge in [0.05, 0.1) is 22.7 Å². The third kappa shape index (κ3) is 4.91. The van der Waals surface area contributed by atoms with Crippen LogP contribution in [0, 0.1) is 10.1 Å². The van der Waals surface area contributed by atoms with Gasteiger partial charge in [-0.1, -0.05) is 30.7 Å². The number of benzene rings is 2. The van der Waals surface area contributed by atoms with Crippen molar-refractivity contribution in [2.75, 3.05) is 4.90 Å². The van der Waals surface area contributed by atoms with E-state index in [1.54, 1.807) is 23.9 Å². The molecule has 1 saturated heterocycles. The Kier molecular flexibility index (Phi) is 6.86. The van der Waals surface area contributed by atoms with Crippen LogP contribution in [0.15, 0.2) is 101 Å². The molecule has 38 heavy (non-hydrogen) atoms.